The fourth-order valence-corrected chi connectivity index (χ4v) is 2.26. The van der Waals surface area contributed by atoms with Gasteiger partial charge in [-0.1, -0.05) is 12.8 Å². The van der Waals surface area contributed by atoms with Gasteiger partial charge in [0, 0.05) is 39.6 Å². The molecule has 0 saturated carbocycles. The number of nitrogens with two attached hydrogens (primary N) is 1. The fourth-order valence-electron chi connectivity index (χ4n) is 2.26. The minimum Gasteiger partial charge on any atom is -0.349 e. The number of likely N-dealkylation sites (tertiary alicyclic amines) is 1. The van der Waals surface area contributed by atoms with Gasteiger partial charge in [0.2, 0.25) is 5.91 Å². The van der Waals surface area contributed by atoms with Crippen molar-refractivity contribution in [3.63, 3.8) is 0 Å². The maximum absolute atomic E-state index is 11.5. The molecule has 0 aliphatic carbocycles. The molecule has 0 aromatic heterocycles. The van der Waals surface area contributed by atoms with E-state index in [1.807, 2.05) is 14.1 Å². The minimum atomic E-state index is 0.208. The van der Waals surface area contributed by atoms with Crippen LogP contribution in [0.2, 0.25) is 0 Å². The molecule has 4 nitrogen and oxygen atoms in total. The molecule has 94 valence electrons. The normalized spacial score (nSPS) is 22.8. The average molecular weight is 227 g/mol. The predicted molar refractivity (Wildman–Crippen MR) is 66.2 cm³/mol. The van der Waals surface area contributed by atoms with Crippen molar-refractivity contribution in [2.75, 3.05) is 33.7 Å². The van der Waals surface area contributed by atoms with E-state index in [9.17, 15) is 4.79 Å². The van der Waals surface area contributed by atoms with Crippen LogP contribution in [0.25, 0.3) is 0 Å². The van der Waals surface area contributed by atoms with Crippen LogP contribution >= 0.6 is 0 Å². The second kappa shape index (κ2) is 6.86. The van der Waals surface area contributed by atoms with Crippen molar-refractivity contribution in [1.82, 2.24) is 9.80 Å². The van der Waals surface area contributed by atoms with Crippen molar-refractivity contribution in [1.29, 1.82) is 0 Å². The molecule has 1 unspecified atom stereocenters. The maximum atomic E-state index is 11.5. The lowest BCUT2D eigenvalue weighted by atomic mass is 10.1. The summed E-state index contributed by atoms with van der Waals surface area (Å²) in [6.45, 7) is 2.68. The Morgan fingerprint density at radius 2 is 2.12 bits per heavy atom. The zero-order chi connectivity index (χ0) is 12.0. The van der Waals surface area contributed by atoms with E-state index in [0.29, 0.717) is 12.5 Å². The van der Waals surface area contributed by atoms with Crippen LogP contribution in [0.5, 0.6) is 0 Å². The van der Waals surface area contributed by atoms with Crippen LogP contribution in [-0.2, 0) is 4.79 Å². The summed E-state index contributed by atoms with van der Waals surface area (Å²) < 4.78 is 0. The summed E-state index contributed by atoms with van der Waals surface area (Å²) in [6, 6.07) is 0.484. The van der Waals surface area contributed by atoms with Gasteiger partial charge in [0.25, 0.3) is 0 Å². The van der Waals surface area contributed by atoms with Gasteiger partial charge in [-0.3, -0.25) is 9.69 Å². The smallest absolute Gasteiger partial charge is 0.223 e. The molecule has 1 aliphatic heterocycles. The second-order valence-electron chi connectivity index (χ2n) is 4.81. The molecular weight excluding hydrogens is 202 g/mol. The molecule has 1 atom stereocenters. The highest BCUT2D eigenvalue weighted by atomic mass is 16.2. The van der Waals surface area contributed by atoms with Crippen LogP contribution in [0.3, 0.4) is 0 Å². The SMILES string of the molecule is CN(C)C(=O)CCN1CCCCCC1CN. The van der Waals surface area contributed by atoms with Crippen molar-refractivity contribution in [2.45, 2.75) is 38.1 Å². The molecule has 0 spiro atoms. The van der Waals surface area contributed by atoms with Crippen molar-refractivity contribution in [3.8, 4) is 0 Å². The number of rotatable bonds is 4. The van der Waals surface area contributed by atoms with Crippen LogP contribution in [0.4, 0.5) is 0 Å². The van der Waals surface area contributed by atoms with Crippen molar-refractivity contribution >= 4 is 5.91 Å². The third-order valence-corrected chi connectivity index (χ3v) is 3.38. The minimum absolute atomic E-state index is 0.208. The van der Waals surface area contributed by atoms with Crippen LogP contribution in [0.15, 0.2) is 0 Å². The summed E-state index contributed by atoms with van der Waals surface area (Å²) in [6.07, 6.45) is 5.62. The van der Waals surface area contributed by atoms with Gasteiger partial charge in [-0.25, -0.2) is 0 Å². The van der Waals surface area contributed by atoms with E-state index in [1.165, 1.54) is 25.7 Å². The van der Waals surface area contributed by atoms with Gasteiger partial charge in [-0.2, -0.15) is 0 Å². The summed E-state index contributed by atoms with van der Waals surface area (Å²) in [5.41, 5.74) is 5.79. The topological polar surface area (TPSA) is 49.6 Å². The quantitative estimate of drug-likeness (QED) is 0.768. The molecule has 1 rings (SSSR count). The van der Waals surface area contributed by atoms with E-state index in [2.05, 4.69) is 4.90 Å². The standard InChI is InChI=1S/C12H25N3O/c1-14(2)12(16)7-9-15-8-5-3-4-6-11(15)10-13/h11H,3-10,13H2,1-2H3. The molecule has 1 fully saturated rings. The summed E-state index contributed by atoms with van der Waals surface area (Å²) in [4.78, 5) is 15.6. The first-order chi connectivity index (χ1) is 7.65. The van der Waals surface area contributed by atoms with Crippen molar-refractivity contribution in [2.24, 2.45) is 5.73 Å². The molecule has 1 heterocycles. The Hall–Kier alpha value is -0.610. The first kappa shape index (κ1) is 13.5. The number of carbonyl (C=O) groups excluding carboxylic acids is 1. The van der Waals surface area contributed by atoms with Crippen molar-refractivity contribution in [3.05, 3.63) is 0 Å². The number of hydrogen-bond donors (Lipinski definition) is 1. The maximum Gasteiger partial charge on any atom is 0.223 e. The van der Waals surface area contributed by atoms with E-state index in [4.69, 9.17) is 5.73 Å². The highest BCUT2D eigenvalue weighted by molar-refractivity contribution is 5.75. The number of hydrogen-bond acceptors (Lipinski definition) is 3. The lowest BCUT2D eigenvalue weighted by Gasteiger charge is -2.28. The van der Waals surface area contributed by atoms with Crippen LogP contribution in [0, 0.1) is 0 Å². The number of amides is 1. The molecule has 0 aromatic carbocycles. The van der Waals surface area contributed by atoms with E-state index in [0.717, 1.165) is 19.6 Å². The lowest BCUT2D eigenvalue weighted by Crippen LogP contribution is -2.42. The highest BCUT2D eigenvalue weighted by Gasteiger charge is 2.20. The van der Waals surface area contributed by atoms with E-state index >= 15 is 0 Å². The van der Waals surface area contributed by atoms with E-state index in [-0.39, 0.29) is 5.91 Å². The van der Waals surface area contributed by atoms with Crippen LogP contribution in [0.1, 0.15) is 32.1 Å². The van der Waals surface area contributed by atoms with Gasteiger partial charge < -0.3 is 10.6 Å². The number of nitrogens with zero attached hydrogens (tertiary/aromatic N) is 2. The second-order valence-corrected chi connectivity index (χ2v) is 4.81. The molecule has 0 aromatic rings. The van der Waals surface area contributed by atoms with Gasteiger partial charge >= 0.3 is 0 Å². The monoisotopic (exact) mass is 227 g/mol. The van der Waals surface area contributed by atoms with Gasteiger partial charge in [0.15, 0.2) is 0 Å². The Morgan fingerprint density at radius 3 is 2.75 bits per heavy atom. The van der Waals surface area contributed by atoms with E-state index < -0.39 is 0 Å². The van der Waals surface area contributed by atoms with Crippen molar-refractivity contribution < 1.29 is 4.79 Å². The summed E-state index contributed by atoms with van der Waals surface area (Å²) in [5, 5.41) is 0. The first-order valence-electron chi connectivity index (χ1n) is 6.29. The Bertz CT molecular complexity index is 218. The Balaban J connectivity index is 2.39. The van der Waals surface area contributed by atoms with Gasteiger partial charge in [0.05, 0.1) is 0 Å². The van der Waals surface area contributed by atoms with Crippen LogP contribution in [-0.4, -0.2) is 55.5 Å². The third-order valence-electron chi connectivity index (χ3n) is 3.38. The molecule has 1 aliphatic rings. The zero-order valence-corrected chi connectivity index (χ0v) is 10.6. The van der Waals surface area contributed by atoms with Gasteiger partial charge in [-0.05, 0) is 19.4 Å². The Morgan fingerprint density at radius 1 is 1.38 bits per heavy atom. The molecular formula is C12H25N3O. The number of carbonyl (C=O) groups is 1. The summed E-state index contributed by atoms with van der Waals surface area (Å²) in [5.74, 6) is 0.208. The summed E-state index contributed by atoms with van der Waals surface area (Å²) in [7, 11) is 3.62. The molecule has 1 amide bonds. The molecule has 0 bridgehead atoms. The lowest BCUT2D eigenvalue weighted by molar-refractivity contribution is -0.129. The van der Waals surface area contributed by atoms with Gasteiger partial charge in [0.1, 0.15) is 0 Å². The molecule has 0 radical (unpaired) electrons. The third kappa shape index (κ3) is 4.10. The Kier molecular flexibility index (Phi) is 5.77. The van der Waals surface area contributed by atoms with E-state index in [1.54, 1.807) is 4.90 Å². The first-order valence-corrected chi connectivity index (χ1v) is 6.29. The molecule has 16 heavy (non-hydrogen) atoms. The highest BCUT2D eigenvalue weighted by Crippen LogP contribution is 2.16. The predicted octanol–water partition coefficient (Wildman–Crippen LogP) is 0.668. The largest absolute Gasteiger partial charge is 0.349 e. The molecule has 4 heteroatoms. The summed E-state index contributed by atoms with van der Waals surface area (Å²) >= 11 is 0. The zero-order valence-electron chi connectivity index (χ0n) is 10.6. The average Bonchev–Trinajstić information content (AvgIpc) is 2.50. The Labute approximate surface area is 98.8 Å². The van der Waals surface area contributed by atoms with Gasteiger partial charge in [-0.15, -0.1) is 0 Å². The molecule has 2 N–H and O–H groups in total. The van der Waals surface area contributed by atoms with Crippen LogP contribution < -0.4 is 5.73 Å². The fraction of sp³-hybridized carbons (Fsp3) is 0.917. The molecule has 1 saturated heterocycles.